The Hall–Kier alpha value is -1.05. The number of rotatable bonds is 1. The molecule has 0 aliphatic carbocycles. The first kappa shape index (κ1) is 12.0. The topological polar surface area (TPSA) is 30.3 Å². The fourth-order valence-corrected chi connectivity index (χ4v) is 3.29. The summed E-state index contributed by atoms with van der Waals surface area (Å²) in [6.07, 6.45) is 1.03. The van der Waals surface area contributed by atoms with Gasteiger partial charge in [-0.1, -0.05) is 15.9 Å². The van der Waals surface area contributed by atoms with Crippen molar-refractivity contribution in [3.05, 3.63) is 28.7 Å². The predicted octanol–water partition coefficient (Wildman–Crippen LogP) is 2.48. The molecule has 1 unspecified atom stereocenters. The minimum absolute atomic E-state index is 0.236. The number of fused-ring (bicyclic) bond motifs is 1. The van der Waals surface area contributed by atoms with Crippen molar-refractivity contribution in [3.8, 4) is 6.07 Å². The maximum absolute atomic E-state index is 9.03. The van der Waals surface area contributed by atoms with Gasteiger partial charge in [0.25, 0.3) is 0 Å². The first-order chi connectivity index (χ1) is 8.76. The molecular formula is C14H16BrN3. The SMILES string of the molecule is N#CC1C[C@H]2CN(c3ccc(Br)cc3)CCN2C1. The van der Waals surface area contributed by atoms with Crippen LogP contribution in [0.1, 0.15) is 6.42 Å². The summed E-state index contributed by atoms with van der Waals surface area (Å²) in [6.45, 7) is 4.17. The second-order valence-corrected chi connectivity index (χ2v) is 6.05. The van der Waals surface area contributed by atoms with Gasteiger partial charge in [-0.15, -0.1) is 0 Å². The lowest BCUT2D eigenvalue weighted by atomic mass is 10.1. The summed E-state index contributed by atoms with van der Waals surface area (Å²) in [5.41, 5.74) is 1.29. The van der Waals surface area contributed by atoms with E-state index in [4.69, 9.17) is 5.26 Å². The Morgan fingerprint density at radius 1 is 1.17 bits per heavy atom. The molecule has 0 saturated carbocycles. The highest BCUT2D eigenvalue weighted by atomic mass is 79.9. The number of halogens is 1. The molecule has 0 spiro atoms. The third kappa shape index (κ3) is 2.25. The monoisotopic (exact) mass is 305 g/mol. The van der Waals surface area contributed by atoms with E-state index in [0.717, 1.165) is 37.1 Å². The Morgan fingerprint density at radius 2 is 1.94 bits per heavy atom. The van der Waals surface area contributed by atoms with E-state index in [2.05, 4.69) is 56.1 Å². The van der Waals surface area contributed by atoms with Gasteiger partial charge >= 0.3 is 0 Å². The molecule has 3 nitrogen and oxygen atoms in total. The number of nitriles is 1. The van der Waals surface area contributed by atoms with Crippen molar-refractivity contribution in [2.45, 2.75) is 12.5 Å². The normalized spacial score (nSPS) is 27.9. The Labute approximate surface area is 116 Å². The van der Waals surface area contributed by atoms with E-state index in [1.54, 1.807) is 0 Å². The zero-order chi connectivity index (χ0) is 12.5. The van der Waals surface area contributed by atoms with E-state index in [0.29, 0.717) is 6.04 Å². The minimum Gasteiger partial charge on any atom is -0.369 e. The van der Waals surface area contributed by atoms with Gasteiger partial charge < -0.3 is 4.90 Å². The Morgan fingerprint density at radius 3 is 2.67 bits per heavy atom. The molecule has 0 radical (unpaired) electrons. The first-order valence-corrected chi connectivity index (χ1v) is 7.20. The van der Waals surface area contributed by atoms with Gasteiger partial charge in [0, 0.05) is 42.4 Å². The Bertz CT molecular complexity index is 465. The molecule has 0 amide bonds. The van der Waals surface area contributed by atoms with Gasteiger partial charge in [0.15, 0.2) is 0 Å². The van der Waals surface area contributed by atoms with Crippen LogP contribution in [0.15, 0.2) is 28.7 Å². The smallest absolute Gasteiger partial charge is 0.0669 e. The molecule has 0 N–H and O–H groups in total. The maximum atomic E-state index is 9.03. The Kier molecular flexibility index (Phi) is 3.27. The second kappa shape index (κ2) is 4.91. The molecule has 2 atom stereocenters. The van der Waals surface area contributed by atoms with Crippen molar-refractivity contribution in [2.24, 2.45) is 5.92 Å². The van der Waals surface area contributed by atoms with E-state index in [1.807, 2.05) is 0 Å². The van der Waals surface area contributed by atoms with Gasteiger partial charge in [0.2, 0.25) is 0 Å². The molecule has 1 aromatic carbocycles. The predicted molar refractivity (Wildman–Crippen MR) is 75.4 cm³/mol. The molecular weight excluding hydrogens is 290 g/mol. The van der Waals surface area contributed by atoms with Crippen molar-refractivity contribution >= 4 is 21.6 Å². The van der Waals surface area contributed by atoms with Gasteiger partial charge in [-0.05, 0) is 30.7 Å². The maximum Gasteiger partial charge on any atom is 0.0669 e. The molecule has 94 valence electrons. The molecule has 2 aliphatic rings. The summed E-state index contributed by atoms with van der Waals surface area (Å²) in [5, 5.41) is 9.03. The number of hydrogen-bond donors (Lipinski definition) is 0. The van der Waals surface area contributed by atoms with E-state index in [1.165, 1.54) is 5.69 Å². The highest BCUT2D eigenvalue weighted by molar-refractivity contribution is 9.10. The van der Waals surface area contributed by atoms with E-state index in [9.17, 15) is 0 Å². The second-order valence-electron chi connectivity index (χ2n) is 5.13. The highest BCUT2D eigenvalue weighted by Gasteiger charge is 2.36. The summed E-state index contributed by atoms with van der Waals surface area (Å²) in [6, 6.07) is 11.5. The van der Waals surface area contributed by atoms with E-state index < -0.39 is 0 Å². The van der Waals surface area contributed by atoms with Crippen molar-refractivity contribution in [1.82, 2.24) is 4.90 Å². The molecule has 4 heteroatoms. The van der Waals surface area contributed by atoms with Crippen LogP contribution in [-0.4, -0.2) is 37.1 Å². The van der Waals surface area contributed by atoms with Gasteiger partial charge in [0.05, 0.1) is 12.0 Å². The summed E-state index contributed by atoms with van der Waals surface area (Å²) in [4.78, 5) is 4.91. The molecule has 2 saturated heterocycles. The average molecular weight is 306 g/mol. The first-order valence-electron chi connectivity index (χ1n) is 6.40. The van der Waals surface area contributed by atoms with Crippen LogP contribution in [-0.2, 0) is 0 Å². The number of hydrogen-bond acceptors (Lipinski definition) is 3. The molecule has 2 aliphatic heterocycles. The zero-order valence-corrected chi connectivity index (χ0v) is 11.8. The summed E-state index contributed by atoms with van der Waals surface area (Å²) in [7, 11) is 0. The lowest BCUT2D eigenvalue weighted by molar-refractivity contribution is 0.229. The summed E-state index contributed by atoms with van der Waals surface area (Å²) in [5.74, 6) is 0.236. The van der Waals surface area contributed by atoms with Gasteiger partial charge in [-0.2, -0.15) is 5.26 Å². The van der Waals surface area contributed by atoms with Crippen LogP contribution in [0.5, 0.6) is 0 Å². The number of anilines is 1. The molecule has 18 heavy (non-hydrogen) atoms. The number of piperazine rings is 1. The molecule has 2 fully saturated rings. The quantitative estimate of drug-likeness (QED) is 0.798. The molecule has 0 aromatic heterocycles. The third-order valence-electron chi connectivity index (χ3n) is 3.99. The van der Waals surface area contributed by atoms with Crippen LogP contribution < -0.4 is 4.90 Å². The molecule has 1 aromatic rings. The van der Waals surface area contributed by atoms with Crippen LogP contribution in [0.25, 0.3) is 0 Å². The van der Waals surface area contributed by atoms with Gasteiger partial charge in [0.1, 0.15) is 0 Å². The van der Waals surface area contributed by atoms with Crippen molar-refractivity contribution < 1.29 is 0 Å². The molecule has 0 bridgehead atoms. The molecule has 2 heterocycles. The van der Waals surface area contributed by atoms with Crippen LogP contribution in [0.3, 0.4) is 0 Å². The standard InChI is InChI=1S/C14H16BrN3/c15-12-1-3-13(4-2-12)18-6-5-17-9-11(8-16)7-14(17)10-18/h1-4,11,14H,5-7,9-10H2/t11?,14-/m0/s1. The van der Waals surface area contributed by atoms with Crippen molar-refractivity contribution in [3.63, 3.8) is 0 Å². The number of benzene rings is 1. The van der Waals surface area contributed by atoms with Crippen molar-refractivity contribution in [2.75, 3.05) is 31.1 Å². The fraction of sp³-hybridized carbons (Fsp3) is 0.500. The van der Waals surface area contributed by atoms with E-state index in [-0.39, 0.29) is 5.92 Å². The average Bonchev–Trinajstić information content (AvgIpc) is 2.81. The zero-order valence-electron chi connectivity index (χ0n) is 10.2. The minimum atomic E-state index is 0.236. The largest absolute Gasteiger partial charge is 0.369 e. The van der Waals surface area contributed by atoms with Crippen LogP contribution in [0.2, 0.25) is 0 Å². The van der Waals surface area contributed by atoms with Gasteiger partial charge in [-0.25, -0.2) is 0 Å². The lowest BCUT2D eigenvalue weighted by Crippen LogP contribution is -2.50. The van der Waals surface area contributed by atoms with Gasteiger partial charge in [-0.3, -0.25) is 4.90 Å². The van der Waals surface area contributed by atoms with Crippen LogP contribution in [0.4, 0.5) is 5.69 Å². The van der Waals surface area contributed by atoms with Crippen LogP contribution >= 0.6 is 15.9 Å². The molecule has 3 rings (SSSR count). The highest BCUT2D eigenvalue weighted by Crippen LogP contribution is 2.28. The van der Waals surface area contributed by atoms with E-state index >= 15 is 0 Å². The summed E-state index contributed by atoms with van der Waals surface area (Å²) < 4.78 is 1.12. The third-order valence-corrected chi connectivity index (χ3v) is 4.52. The lowest BCUT2D eigenvalue weighted by Gasteiger charge is -2.38. The Balaban J connectivity index is 1.71. The number of nitrogens with zero attached hydrogens (tertiary/aromatic N) is 3. The van der Waals surface area contributed by atoms with Crippen molar-refractivity contribution in [1.29, 1.82) is 5.26 Å². The van der Waals surface area contributed by atoms with Crippen LogP contribution in [0, 0.1) is 17.2 Å². The summed E-state index contributed by atoms with van der Waals surface area (Å²) >= 11 is 3.47. The fourth-order valence-electron chi connectivity index (χ4n) is 3.02.